The molecule has 0 fully saturated rings. The van der Waals surface area contributed by atoms with Crippen molar-refractivity contribution in [1.82, 2.24) is 0 Å². The van der Waals surface area contributed by atoms with Gasteiger partial charge >= 0.3 is 48.8 Å². The fraction of sp³-hybridized carbons (Fsp3) is 0. The van der Waals surface area contributed by atoms with Crippen LogP contribution in [0.15, 0.2) is 0 Å². The first-order valence-corrected chi connectivity index (χ1v) is 6.74. The van der Waals surface area contributed by atoms with Gasteiger partial charge in [-0.25, -0.2) is 0 Å². The van der Waals surface area contributed by atoms with Crippen LogP contribution in [0, 0.1) is 71.8 Å². The molecule has 1 radical (unpaired) electrons. The van der Waals surface area contributed by atoms with Crippen LogP contribution in [0.1, 0.15) is 0 Å². The average Bonchev–Trinajstić information content (AvgIpc) is 0.811. The van der Waals surface area contributed by atoms with Crippen LogP contribution in [0.25, 0.3) is 0 Å². The smallest absolute Gasteiger partial charge is 0 e. The number of hydrogen-bond acceptors (Lipinski definition) is 0. The normalized spacial score (nSPS) is 9.00. The Kier molecular flexibility index (Phi) is 17.4. The number of hydrogen-bond donors (Lipinski definition) is 0. The first-order chi connectivity index (χ1) is 1.73. The van der Waals surface area contributed by atoms with Gasteiger partial charge in [-0.3, -0.25) is 0 Å². The Bertz CT molecular complexity index is 11.6. The van der Waals surface area contributed by atoms with Crippen LogP contribution in [-0.4, -0.2) is 0 Å². The Morgan fingerprint density at radius 2 is 1.00 bits per heavy atom. The van der Waals surface area contributed by atoms with E-state index in [0.717, 1.165) is 0 Å². The second-order valence-electron chi connectivity index (χ2n) is 0.115. The fourth-order valence-corrected chi connectivity index (χ4v) is 0. The molecular formula is Cl3LuYb. The third-order valence-electron chi connectivity index (χ3n) is 0. The SMILES string of the molecule is [Cl][Yb]([Cl])[Cl].[Lu]. The molecule has 0 N–H and O–H groups in total. The van der Waals surface area contributed by atoms with E-state index in [-0.39, 0.29) is 36.9 Å². The quantitative estimate of drug-likeness (QED) is 0.526. The molecule has 0 nitrogen and oxygen atoms in total. The topological polar surface area (TPSA) is 0 Å². The zero-order valence-electron chi connectivity index (χ0n) is 1.66. The van der Waals surface area contributed by atoms with Crippen molar-refractivity contribution in [2.75, 3.05) is 0 Å². The minimum absolute atomic E-state index is 0. The van der Waals surface area contributed by atoms with Gasteiger partial charge in [-0.05, 0) is 0 Å². The predicted molar refractivity (Wildman–Crippen MR) is 17.6 cm³/mol. The van der Waals surface area contributed by atoms with Crippen LogP contribution in [0.5, 0.6) is 0 Å². The van der Waals surface area contributed by atoms with Crippen molar-refractivity contribution in [1.29, 1.82) is 0 Å². The van der Waals surface area contributed by atoms with Crippen molar-refractivity contribution >= 4 is 13.9 Å². The molecule has 0 unspecified atom stereocenters. The molecule has 0 aliphatic carbocycles. The number of rotatable bonds is 0. The van der Waals surface area contributed by atoms with Gasteiger partial charge < -0.3 is 0 Å². The molecule has 5 heavy (non-hydrogen) atoms. The monoisotopic (exact) mass is 454 g/mol. The van der Waals surface area contributed by atoms with E-state index in [4.69, 9.17) is 13.9 Å². The molecular weight excluding hydrogens is 454 g/mol. The van der Waals surface area contributed by atoms with Crippen LogP contribution in [-0.2, 0) is 0 Å². The Balaban J connectivity index is 0. The van der Waals surface area contributed by atoms with Crippen molar-refractivity contribution in [2.45, 2.75) is 0 Å². The van der Waals surface area contributed by atoms with E-state index >= 15 is 0 Å². The Morgan fingerprint density at radius 1 is 1.00 bits per heavy atom. The molecule has 0 amide bonds. The molecule has 0 aromatic heterocycles. The van der Waals surface area contributed by atoms with Crippen LogP contribution >= 0.6 is 13.9 Å². The van der Waals surface area contributed by atoms with Crippen molar-refractivity contribution in [3.8, 4) is 0 Å². The molecule has 0 saturated heterocycles. The van der Waals surface area contributed by atoms with Crippen molar-refractivity contribution in [2.24, 2.45) is 0 Å². The van der Waals surface area contributed by atoms with Gasteiger partial charge in [0.05, 0.1) is 0 Å². The summed E-state index contributed by atoms with van der Waals surface area (Å²) in [6, 6.07) is 0. The third kappa shape index (κ3) is 18.4. The minimum atomic E-state index is -1.59. The summed E-state index contributed by atoms with van der Waals surface area (Å²) in [5, 5.41) is 0. The van der Waals surface area contributed by atoms with Crippen molar-refractivity contribution < 1.29 is 71.8 Å². The molecule has 50 valence electrons. The summed E-state index contributed by atoms with van der Waals surface area (Å²) < 4.78 is 14.8. The molecule has 0 aliphatic rings. The number of halogens is 3. The van der Waals surface area contributed by atoms with Gasteiger partial charge in [-0.15, -0.1) is 0 Å². The molecule has 0 aromatic rings. The second kappa shape index (κ2) is 7.62. The van der Waals surface area contributed by atoms with Crippen molar-refractivity contribution in [3.63, 3.8) is 0 Å². The molecule has 0 atom stereocenters. The van der Waals surface area contributed by atoms with Crippen LogP contribution in [0.2, 0.25) is 0 Å². The van der Waals surface area contributed by atoms with Gasteiger partial charge in [0.1, 0.15) is 0 Å². The molecule has 0 bridgehead atoms. The van der Waals surface area contributed by atoms with E-state index in [2.05, 4.69) is 0 Å². The van der Waals surface area contributed by atoms with Gasteiger partial charge in [-0.1, -0.05) is 0 Å². The van der Waals surface area contributed by atoms with Crippen LogP contribution in [0.4, 0.5) is 0 Å². The van der Waals surface area contributed by atoms with E-state index in [1.807, 2.05) is 0 Å². The first kappa shape index (κ1) is 11.4. The average molecular weight is 454 g/mol. The second-order valence-corrected chi connectivity index (χ2v) is 7.65. The molecule has 5 heteroatoms. The van der Waals surface area contributed by atoms with E-state index in [9.17, 15) is 0 Å². The van der Waals surface area contributed by atoms with Gasteiger partial charge in [0, 0.05) is 36.9 Å². The van der Waals surface area contributed by atoms with E-state index < -0.39 is 34.9 Å². The summed E-state index contributed by atoms with van der Waals surface area (Å²) in [6.07, 6.45) is 0. The molecule has 0 rings (SSSR count). The maximum Gasteiger partial charge on any atom is 0 e. The zero-order chi connectivity index (χ0) is 3.58. The maximum absolute atomic E-state index is 4.93. The van der Waals surface area contributed by atoms with Gasteiger partial charge in [0.15, 0.2) is 0 Å². The summed E-state index contributed by atoms with van der Waals surface area (Å²) in [7, 11) is 0. The van der Waals surface area contributed by atoms with E-state index in [0.29, 0.717) is 0 Å². The zero-order valence-corrected chi connectivity index (χ0v) is 7.30. The summed E-state index contributed by atoms with van der Waals surface area (Å²) in [5.41, 5.74) is 0. The van der Waals surface area contributed by atoms with E-state index in [1.165, 1.54) is 0 Å². The summed E-state index contributed by atoms with van der Waals surface area (Å²) >= 11 is -1.59. The summed E-state index contributed by atoms with van der Waals surface area (Å²) in [4.78, 5) is 0. The van der Waals surface area contributed by atoms with E-state index in [1.54, 1.807) is 0 Å². The molecule has 0 saturated carbocycles. The molecule has 0 heterocycles. The molecule has 0 aliphatic heterocycles. The summed E-state index contributed by atoms with van der Waals surface area (Å²) in [6.45, 7) is 0. The Hall–Kier alpha value is 3.62. The van der Waals surface area contributed by atoms with Gasteiger partial charge in [-0.2, -0.15) is 0 Å². The van der Waals surface area contributed by atoms with Crippen LogP contribution < -0.4 is 0 Å². The van der Waals surface area contributed by atoms with Crippen molar-refractivity contribution in [3.05, 3.63) is 0 Å². The molecule has 0 aromatic carbocycles. The molecule has 0 spiro atoms. The minimum Gasteiger partial charge on any atom is 0 e. The standard InChI is InChI=1S/3ClH.Lu.Yb/h3*1H;;/q;;;;+3/p-3. The Morgan fingerprint density at radius 3 is 1.00 bits per heavy atom. The largest absolute Gasteiger partial charge is 0 e. The summed E-state index contributed by atoms with van der Waals surface area (Å²) in [5.74, 6) is 0. The predicted octanol–water partition coefficient (Wildman–Crippen LogP) is 2.07. The van der Waals surface area contributed by atoms with Crippen LogP contribution in [0.3, 0.4) is 0 Å². The maximum atomic E-state index is 4.93. The van der Waals surface area contributed by atoms with Gasteiger partial charge in [0.2, 0.25) is 0 Å². The van der Waals surface area contributed by atoms with Gasteiger partial charge in [0.25, 0.3) is 0 Å². The Labute approximate surface area is 82.6 Å². The third-order valence-corrected chi connectivity index (χ3v) is 0. The fourth-order valence-electron chi connectivity index (χ4n) is 0. The first-order valence-electron chi connectivity index (χ1n) is 0.303.